The minimum atomic E-state index is -0.0211. The molecule has 0 saturated carbocycles. The number of ether oxygens (including phenoxy) is 2. The van der Waals surface area contributed by atoms with Crippen LogP contribution >= 0.6 is 11.6 Å². The molecule has 0 aliphatic carbocycles. The Bertz CT molecular complexity index is 913. The average Bonchev–Trinajstić information content (AvgIpc) is 3.30. The van der Waals surface area contributed by atoms with Crippen molar-refractivity contribution in [3.63, 3.8) is 0 Å². The van der Waals surface area contributed by atoms with Gasteiger partial charge in [0.1, 0.15) is 11.6 Å². The van der Waals surface area contributed by atoms with Crippen LogP contribution in [0, 0.1) is 19.8 Å². The van der Waals surface area contributed by atoms with E-state index in [0.29, 0.717) is 24.8 Å². The summed E-state index contributed by atoms with van der Waals surface area (Å²) in [5.74, 6) is 2.56. The van der Waals surface area contributed by atoms with Crippen molar-refractivity contribution in [3.05, 3.63) is 52.2 Å². The van der Waals surface area contributed by atoms with Crippen molar-refractivity contribution in [1.29, 1.82) is 0 Å². The SMILES string of the molecule is Cc1cc(OCCCC2CCN(c3ccc(Cl)cn3)CC2)cc(C)c1C(=O)NC1CCOC1. The maximum atomic E-state index is 12.7. The van der Waals surface area contributed by atoms with Crippen molar-refractivity contribution in [3.8, 4) is 5.75 Å². The molecule has 2 aliphatic heterocycles. The molecule has 1 amide bonds. The van der Waals surface area contributed by atoms with Gasteiger partial charge in [-0.15, -0.1) is 0 Å². The molecule has 0 spiro atoms. The van der Waals surface area contributed by atoms with Crippen LogP contribution in [0.2, 0.25) is 5.02 Å². The third-order valence-electron chi connectivity index (χ3n) is 6.67. The molecule has 2 aliphatic rings. The maximum Gasteiger partial charge on any atom is 0.252 e. The van der Waals surface area contributed by atoms with Crippen LogP contribution in [0.1, 0.15) is 53.6 Å². The molecule has 6 nitrogen and oxygen atoms in total. The molecule has 1 aromatic heterocycles. The second-order valence-electron chi connectivity index (χ2n) is 9.22. The number of carbonyl (C=O) groups excluding carboxylic acids is 1. The van der Waals surface area contributed by atoms with Crippen LogP contribution in [0.15, 0.2) is 30.5 Å². The highest BCUT2D eigenvalue weighted by Gasteiger charge is 2.22. The van der Waals surface area contributed by atoms with Crippen LogP contribution < -0.4 is 15.0 Å². The van der Waals surface area contributed by atoms with E-state index in [4.69, 9.17) is 21.1 Å². The van der Waals surface area contributed by atoms with E-state index < -0.39 is 0 Å². The highest BCUT2D eigenvalue weighted by Crippen LogP contribution is 2.26. The summed E-state index contributed by atoms with van der Waals surface area (Å²) in [5.41, 5.74) is 2.64. The molecule has 33 heavy (non-hydrogen) atoms. The van der Waals surface area contributed by atoms with Gasteiger partial charge in [0, 0.05) is 31.5 Å². The molecule has 1 N–H and O–H groups in total. The molecule has 2 aromatic rings. The van der Waals surface area contributed by atoms with E-state index in [1.165, 1.54) is 19.3 Å². The van der Waals surface area contributed by atoms with E-state index in [1.807, 2.05) is 38.1 Å². The Morgan fingerprint density at radius 3 is 2.61 bits per heavy atom. The number of nitrogens with one attached hydrogen (secondary N) is 1. The Kier molecular flexibility index (Phi) is 8.10. The van der Waals surface area contributed by atoms with Gasteiger partial charge in [0.15, 0.2) is 0 Å². The molecule has 0 radical (unpaired) electrons. The van der Waals surface area contributed by atoms with Gasteiger partial charge in [-0.2, -0.15) is 0 Å². The lowest BCUT2D eigenvalue weighted by molar-refractivity contribution is 0.0928. The second-order valence-corrected chi connectivity index (χ2v) is 9.66. The first-order valence-corrected chi connectivity index (χ1v) is 12.4. The van der Waals surface area contributed by atoms with Gasteiger partial charge in [0.2, 0.25) is 0 Å². The van der Waals surface area contributed by atoms with E-state index in [9.17, 15) is 4.79 Å². The number of pyridine rings is 1. The average molecular weight is 472 g/mol. The van der Waals surface area contributed by atoms with E-state index in [2.05, 4.69) is 15.2 Å². The van der Waals surface area contributed by atoms with Gasteiger partial charge in [-0.3, -0.25) is 4.79 Å². The normalized spacial score (nSPS) is 19.0. The Morgan fingerprint density at radius 1 is 1.21 bits per heavy atom. The standard InChI is InChI=1S/C26H34ClN3O3/c1-18-14-23(15-19(2)25(18)26(31)29-22-9-13-32-17-22)33-12-3-4-20-7-10-30(11-8-20)24-6-5-21(27)16-28-24/h5-6,14-16,20,22H,3-4,7-13,17H2,1-2H3,(H,29,31). The number of hydrogen-bond acceptors (Lipinski definition) is 5. The number of rotatable bonds is 8. The smallest absolute Gasteiger partial charge is 0.252 e. The fourth-order valence-electron chi connectivity index (χ4n) is 4.84. The Balaban J connectivity index is 1.20. The van der Waals surface area contributed by atoms with Crippen molar-refractivity contribution < 1.29 is 14.3 Å². The third-order valence-corrected chi connectivity index (χ3v) is 6.90. The lowest BCUT2D eigenvalue weighted by atomic mass is 9.92. The summed E-state index contributed by atoms with van der Waals surface area (Å²) in [5, 5.41) is 3.76. The molecule has 3 heterocycles. The quantitative estimate of drug-likeness (QED) is 0.552. The minimum Gasteiger partial charge on any atom is -0.494 e. The number of amides is 1. The summed E-state index contributed by atoms with van der Waals surface area (Å²) in [6.45, 7) is 8.04. The molecule has 1 atom stereocenters. The first-order valence-electron chi connectivity index (χ1n) is 12.0. The molecule has 178 valence electrons. The monoisotopic (exact) mass is 471 g/mol. The Hall–Kier alpha value is -2.31. The number of carbonyl (C=O) groups is 1. The van der Waals surface area contributed by atoms with Crippen LogP contribution in [0.3, 0.4) is 0 Å². The largest absolute Gasteiger partial charge is 0.494 e. The van der Waals surface area contributed by atoms with Crippen molar-refractivity contribution >= 4 is 23.3 Å². The number of anilines is 1. The minimum absolute atomic E-state index is 0.0211. The predicted octanol–water partition coefficient (Wildman–Crippen LogP) is 4.95. The number of nitrogens with zero attached hydrogens (tertiary/aromatic N) is 2. The fourth-order valence-corrected chi connectivity index (χ4v) is 4.95. The number of benzene rings is 1. The molecular formula is C26H34ClN3O3. The summed E-state index contributed by atoms with van der Waals surface area (Å²) < 4.78 is 11.4. The third kappa shape index (κ3) is 6.39. The van der Waals surface area contributed by atoms with Gasteiger partial charge in [0.25, 0.3) is 5.91 Å². The zero-order chi connectivity index (χ0) is 23.2. The zero-order valence-electron chi connectivity index (χ0n) is 19.6. The van der Waals surface area contributed by atoms with Gasteiger partial charge in [-0.1, -0.05) is 11.6 Å². The first-order chi connectivity index (χ1) is 16.0. The van der Waals surface area contributed by atoms with Gasteiger partial charge in [-0.05, 0) is 87.3 Å². The highest BCUT2D eigenvalue weighted by atomic mass is 35.5. The topological polar surface area (TPSA) is 63.7 Å². The summed E-state index contributed by atoms with van der Waals surface area (Å²) in [4.78, 5) is 19.5. The van der Waals surface area contributed by atoms with Crippen molar-refractivity contribution in [1.82, 2.24) is 10.3 Å². The van der Waals surface area contributed by atoms with E-state index in [-0.39, 0.29) is 11.9 Å². The molecule has 7 heteroatoms. The molecule has 4 rings (SSSR count). The van der Waals surface area contributed by atoms with Crippen LogP contribution in [0.25, 0.3) is 0 Å². The van der Waals surface area contributed by atoms with Crippen molar-refractivity contribution in [2.45, 2.75) is 52.0 Å². The van der Waals surface area contributed by atoms with Crippen LogP contribution in [-0.4, -0.2) is 49.8 Å². The number of piperidine rings is 1. The summed E-state index contributed by atoms with van der Waals surface area (Å²) in [6.07, 6.45) is 7.15. The van der Waals surface area contributed by atoms with Gasteiger partial charge >= 0.3 is 0 Å². The first kappa shape index (κ1) is 23.8. The van der Waals surface area contributed by atoms with E-state index in [0.717, 1.165) is 60.1 Å². The maximum absolute atomic E-state index is 12.7. The van der Waals surface area contributed by atoms with Gasteiger partial charge < -0.3 is 19.7 Å². The van der Waals surface area contributed by atoms with Gasteiger partial charge in [0.05, 0.1) is 24.3 Å². The lowest BCUT2D eigenvalue weighted by Crippen LogP contribution is -2.35. The fraction of sp³-hybridized carbons (Fsp3) is 0.538. The number of hydrogen-bond donors (Lipinski definition) is 1. The van der Waals surface area contributed by atoms with E-state index in [1.54, 1.807) is 6.20 Å². The van der Waals surface area contributed by atoms with Crippen molar-refractivity contribution in [2.75, 3.05) is 37.8 Å². The zero-order valence-corrected chi connectivity index (χ0v) is 20.4. The molecule has 2 fully saturated rings. The predicted molar refractivity (Wildman–Crippen MR) is 132 cm³/mol. The molecule has 2 saturated heterocycles. The van der Waals surface area contributed by atoms with Crippen LogP contribution in [0.5, 0.6) is 5.75 Å². The van der Waals surface area contributed by atoms with Crippen molar-refractivity contribution in [2.24, 2.45) is 5.92 Å². The summed E-state index contributed by atoms with van der Waals surface area (Å²) in [6, 6.07) is 7.97. The lowest BCUT2D eigenvalue weighted by Gasteiger charge is -2.32. The van der Waals surface area contributed by atoms with E-state index >= 15 is 0 Å². The molecular weight excluding hydrogens is 438 g/mol. The second kappa shape index (κ2) is 11.2. The van der Waals surface area contributed by atoms with Gasteiger partial charge in [-0.25, -0.2) is 4.98 Å². The Labute approximate surface area is 201 Å². The highest BCUT2D eigenvalue weighted by molar-refractivity contribution is 6.30. The molecule has 1 aromatic carbocycles. The Morgan fingerprint density at radius 2 is 1.97 bits per heavy atom. The van der Waals surface area contributed by atoms with Crippen LogP contribution in [0.4, 0.5) is 5.82 Å². The molecule has 1 unspecified atom stereocenters. The number of halogens is 1. The van der Waals surface area contributed by atoms with Crippen LogP contribution in [-0.2, 0) is 4.74 Å². The summed E-state index contributed by atoms with van der Waals surface area (Å²) >= 11 is 5.94. The number of aromatic nitrogens is 1. The summed E-state index contributed by atoms with van der Waals surface area (Å²) in [7, 11) is 0. The molecule has 0 bridgehead atoms. The number of aryl methyl sites for hydroxylation is 2.